The van der Waals surface area contributed by atoms with Crippen molar-refractivity contribution < 1.29 is 0 Å². The van der Waals surface area contributed by atoms with Crippen LogP contribution in [0.2, 0.25) is 4.34 Å². The standard InChI is InChI=1S/C20H30ClN5S2.HI/c1-4-19-24-16(14-27-19)12-26-9-7-15(8-10-26)11-23-20(22-2)25(3)13-17-5-6-18(21)28-17;/h5-6,14-15H,4,7-13H2,1-3H3,(H,22,23);1H. The predicted molar refractivity (Wildman–Crippen MR) is 137 cm³/mol. The third-order valence-electron chi connectivity index (χ3n) is 5.14. The van der Waals surface area contributed by atoms with Crippen LogP contribution in [-0.4, -0.2) is 54.5 Å². The molecule has 0 aliphatic carbocycles. The second-order valence-electron chi connectivity index (χ2n) is 7.30. The Morgan fingerprint density at radius 2 is 2.14 bits per heavy atom. The maximum atomic E-state index is 6.04. The molecule has 0 bridgehead atoms. The van der Waals surface area contributed by atoms with Crippen molar-refractivity contribution >= 4 is 64.2 Å². The molecule has 0 spiro atoms. The molecule has 0 saturated carbocycles. The lowest BCUT2D eigenvalue weighted by molar-refractivity contribution is 0.176. The van der Waals surface area contributed by atoms with Crippen molar-refractivity contribution in [3.8, 4) is 0 Å². The minimum Gasteiger partial charge on any atom is -0.356 e. The fourth-order valence-corrected chi connectivity index (χ4v) is 5.40. The van der Waals surface area contributed by atoms with Gasteiger partial charge in [-0.15, -0.1) is 46.7 Å². The van der Waals surface area contributed by atoms with Crippen LogP contribution < -0.4 is 5.32 Å². The largest absolute Gasteiger partial charge is 0.356 e. The van der Waals surface area contributed by atoms with Gasteiger partial charge in [-0.25, -0.2) is 4.98 Å². The molecule has 1 aliphatic rings. The molecule has 5 nitrogen and oxygen atoms in total. The molecule has 29 heavy (non-hydrogen) atoms. The van der Waals surface area contributed by atoms with Crippen molar-refractivity contribution in [1.29, 1.82) is 0 Å². The van der Waals surface area contributed by atoms with Crippen LogP contribution in [0.3, 0.4) is 0 Å². The van der Waals surface area contributed by atoms with E-state index in [-0.39, 0.29) is 24.0 Å². The molecule has 1 saturated heterocycles. The minimum absolute atomic E-state index is 0. The first-order chi connectivity index (χ1) is 13.6. The Morgan fingerprint density at radius 1 is 1.38 bits per heavy atom. The van der Waals surface area contributed by atoms with Gasteiger partial charge in [0.15, 0.2) is 5.96 Å². The Morgan fingerprint density at radius 3 is 2.72 bits per heavy atom. The number of thiazole rings is 1. The molecule has 3 rings (SSSR count). The molecule has 1 fully saturated rings. The molecular weight excluding hydrogens is 537 g/mol. The fraction of sp³-hybridized carbons (Fsp3) is 0.600. The van der Waals surface area contributed by atoms with Crippen LogP contribution in [0.4, 0.5) is 0 Å². The summed E-state index contributed by atoms with van der Waals surface area (Å²) in [4.78, 5) is 15.1. The topological polar surface area (TPSA) is 43.8 Å². The average Bonchev–Trinajstić information content (AvgIpc) is 3.32. The van der Waals surface area contributed by atoms with E-state index in [4.69, 9.17) is 16.6 Å². The molecule has 3 heterocycles. The number of guanidine groups is 1. The van der Waals surface area contributed by atoms with E-state index in [0.29, 0.717) is 5.92 Å². The summed E-state index contributed by atoms with van der Waals surface area (Å²) in [6.45, 7) is 7.25. The highest BCUT2D eigenvalue weighted by Crippen LogP contribution is 2.23. The maximum Gasteiger partial charge on any atom is 0.193 e. The van der Waals surface area contributed by atoms with Gasteiger partial charge >= 0.3 is 0 Å². The lowest BCUT2D eigenvalue weighted by atomic mass is 9.97. The zero-order valence-corrected chi connectivity index (χ0v) is 22.1. The normalized spacial score (nSPS) is 15.9. The van der Waals surface area contributed by atoms with Crippen LogP contribution in [0, 0.1) is 5.92 Å². The van der Waals surface area contributed by atoms with Gasteiger partial charge in [-0.1, -0.05) is 18.5 Å². The number of piperidine rings is 1. The molecule has 0 aromatic carbocycles. The summed E-state index contributed by atoms with van der Waals surface area (Å²) in [6, 6.07) is 4.03. The van der Waals surface area contributed by atoms with E-state index >= 15 is 0 Å². The molecular formula is C20H31ClIN5S2. The monoisotopic (exact) mass is 567 g/mol. The zero-order valence-electron chi connectivity index (χ0n) is 17.4. The number of aromatic nitrogens is 1. The van der Waals surface area contributed by atoms with Gasteiger partial charge in [-0.3, -0.25) is 9.89 Å². The molecule has 2 aromatic heterocycles. The highest BCUT2D eigenvalue weighted by Gasteiger charge is 2.20. The molecule has 9 heteroatoms. The zero-order chi connectivity index (χ0) is 19.9. The molecule has 0 unspecified atom stereocenters. The van der Waals surface area contributed by atoms with Crippen LogP contribution in [0.25, 0.3) is 0 Å². The number of halogens is 2. The van der Waals surface area contributed by atoms with Crippen LogP contribution in [-0.2, 0) is 19.5 Å². The summed E-state index contributed by atoms with van der Waals surface area (Å²) in [7, 11) is 3.92. The molecule has 0 radical (unpaired) electrons. The number of hydrogen-bond acceptors (Lipinski definition) is 5. The average molecular weight is 568 g/mol. The molecule has 1 N–H and O–H groups in total. The van der Waals surface area contributed by atoms with E-state index in [9.17, 15) is 0 Å². The second kappa shape index (κ2) is 12.4. The Kier molecular flexibility index (Phi) is 10.7. The summed E-state index contributed by atoms with van der Waals surface area (Å²) in [5, 5.41) is 7.02. The SMILES string of the molecule is CCc1nc(CN2CCC(CNC(=NC)N(C)Cc3ccc(Cl)s3)CC2)cs1.I. The minimum atomic E-state index is 0. The quantitative estimate of drug-likeness (QED) is 0.292. The number of thiophene rings is 1. The predicted octanol–water partition coefficient (Wildman–Crippen LogP) is 4.96. The van der Waals surface area contributed by atoms with Crippen LogP contribution in [0.1, 0.15) is 35.3 Å². The van der Waals surface area contributed by atoms with Gasteiger partial charge in [0.25, 0.3) is 0 Å². The Hall–Kier alpha value is -0.420. The van der Waals surface area contributed by atoms with Gasteiger partial charge in [0, 0.05) is 37.4 Å². The van der Waals surface area contributed by atoms with Crippen LogP contribution in [0.5, 0.6) is 0 Å². The Balaban J connectivity index is 0.00000300. The lowest BCUT2D eigenvalue weighted by Crippen LogP contribution is -2.43. The summed E-state index contributed by atoms with van der Waals surface area (Å²) in [6.07, 6.45) is 3.48. The smallest absolute Gasteiger partial charge is 0.193 e. The van der Waals surface area contributed by atoms with Gasteiger partial charge in [0.1, 0.15) is 0 Å². The van der Waals surface area contributed by atoms with Gasteiger partial charge in [0.2, 0.25) is 0 Å². The molecule has 0 amide bonds. The number of hydrogen-bond donors (Lipinski definition) is 1. The number of aliphatic imine (C=N–C) groups is 1. The number of nitrogens with zero attached hydrogens (tertiary/aromatic N) is 4. The van der Waals surface area contributed by atoms with Crippen molar-refractivity contribution in [2.75, 3.05) is 33.7 Å². The van der Waals surface area contributed by atoms with Crippen molar-refractivity contribution in [3.63, 3.8) is 0 Å². The first-order valence-electron chi connectivity index (χ1n) is 9.89. The van der Waals surface area contributed by atoms with E-state index in [0.717, 1.165) is 49.4 Å². The second-order valence-corrected chi connectivity index (χ2v) is 10.0. The highest BCUT2D eigenvalue weighted by atomic mass is 127. The van der Waals surface area contributed by atoms with Gasteiger partial charge in [0.05, 0.1) is 21.6 Å². The van der Waals surface area contributed by atoms with Crippen LogP contribution >= 0.6 is 58.3 Å². The van der Waals surface area contributed by atoms with E-state index in [1.54, 1.807) is 22.7 Å². The van der Waals surface area contributed by atoms with Crippen molar-refractivity contribution in [3.05, 3.63) is 37.4 Å². The third-order valence-corrected chi connectivity index (χ3v) is 7.40. The van der Waals surface area contributed by atoms with Gasteiger partial charge < -0.3 is 10.2 Å². The lowest BCUT2D eigenvalue weighted by Gasteiger charge is -2.32. The summed E-state index contributed by atoms with van der Waals surface area (Å²) in [5.74, 6) is 1.64. The molecule has 2 aromatic rings. The summed E-state index contributed by atoms with van der Waals surface area (Å²) in [5.41, 5.74) is 1.23. The number of rotatable bonds is 7. The van der Waals surface area contributed by atoms with Gasteiger partial charge in [-0.2, -0.15) is 0 Å². The first-order valence-corrected chi connectivity index (χ1v) is 12.0. The third kappa shape index (κ3) is 7.65. The Labute approximate surface area is 204 Å². The summed E-state index contributed by atoms with van der Waals surface area (Å²) >= 11 is 9.45. The van der Waals surface area contributed by atoms with E-state index in [1.807, 2.05) is 13.1 Å². The van der Waals surface area contributed by atoms with Crippen molar-refractivity contribution in [2.45, 2.75) is 39.3 Å². The van der Waals surface area contributed by atoms with E-state index in [2.05, 4.69) is 45.5 Å². The molecule has 0 atom stereocenters. The maximum absolute atomic E-state index is 6.04. The number of aryl methyl sites for hydroxylation is 1. The van der Waals surface area contributed by atoms with Gasteiger partial charge in [-0.05, 0) is 50.4 Å². The number of nitrogens with one attached hydrogen (secondary N) is 1. The fourth-order valence-electron chi connectivity index (χ4n) is 3.53. The Bertz CT molecular complexity index is 771. The molecule has 1 aliphatic heterocycles. The number of likely N-dealkylation sites (tertiary alicyclic amines) is 1. The molecule has 162 valence electrons. The van der Waals surface area contributed by atoms with E-state index < -0.39 is 0 Å². The highest BCUT2D eigenvalue weighted by molar-refractivity contribution is 14.0. The first kappa shape index (κ1) is 24.8. The van der Waals surface area contributed by atoms with Crippen LogP contribution in [0.15, 0.2) is 22.5 Å². The van der Waals surface area contributed by atoms with Crippen molar-refractivity contribution in [2.24, 2.45) is 10.9 Å². The van der Waals surface area contributed by atoms with Crippen molar-refractivity contribution in [1.82, 2.24) is 20.1 Å². The summed E-state index contributed by atoms with van der Waals surface area (Å²) < 4.78 is 0.835. The van der Waals surface area contributed by atoms with E-state index in [1.165, 1.54) is 28.4 Å².